The maximum Gasteiger partial charge on any atom is 0.340 e. The largest absolute Gasteiger partial charge is 0.459 e. The fraction of sp³-hybridized carbons (Fsp3) is 0.462. The molecule has 0 aromatic heterocycles. The van der Waals surface area contributed by atoms with Gasteiger partial charge in [0, 0.05) is 5.02 Å². The molecule has 98 valence electrons. The van der Waals surface area contributed by atoms with E-state index >= 15 is 0 Å². The SMILES string of the molecule is Nc1c(Cl)cc(Cl)cc1C(=O)OC1CCCCC1. The Morgan fingerprint density at radius 3 is 2.56 bits per heavy atom. The van der Waals surface area contributed by atoms with Gasteiger partial charge in [0.25, 0.3) is 0 Å². The molecule has 0 unspecified atom stereocenters. The molecular weight excluding hydrogens is 273 g/mol. The Balaban J connectivity index is 2.13. The molecule has 0 aliphatic heterocycles. The van der Waals surface area contributed by atoms with Gasteiger partial charge in [-0.15, -0.1) is 0 Å². The van der Waals surface area contributed by atoms with E-state index in [9.17, 15) is 4.79 Å². The first-order valence-corrected chi connectivity index (χ1v) is 6.79. The van der Waals surface area contributed by atoms with Crippen LogP contribution in [0.5, 0.6) is 0 Å². The summed E-state index contributed by atoms with van der Waals surface area (Å²) in [6, 6.07) is 3.00. The molecule has 0 radical (unpaired) electrons. The molecule has 0 amide bonds. The Kier molecular flexibility index (Phi) is 4.36. The second-order valence-electron chi connectivity index (χ2n) is 4.51. The van der Waals surface area contributed by atoms with Crippen molar-refractivity contribution in [3.05, 3.63) is 27.7 Å². The molecule has 0 atom stereocenters. The van der Waals surface area contributed by atoms with Gasteiger partial charge in [0.2, 0.25) is 0 Å². The van der Waals surface area contributed by atoms with E-state index < -0.39 is 5.97 Å². The van der Waals surface area contributed by atoms with E-state index in [0.717, 1.165) is 25.7 Å². The molecule has 1 saturated carbocycles. The van der Waals surface area contributed by atoms with Gasteiger partial charge in [0.05, 0.1) is 16.3 Å². The van der Waals surface area contributed by atoms with Crippen LogP contribution in [0.4, 0.5) is 5.69 Å². The first-order valence-electron chi connectivity index (χ1n) is 6.03. The Hall–Kier alpha value is -0.930. The highest BCUT2D eigenvalue weighted by Crippen LogP contribution is 2.29. The molecule has 5 heteroatoms. The quantitative estimate of drug-likeness (QED) is 0.659. The molecule has 0 bridgehead atoms. The summed E-state index contributed by atoms with van der Waals surface area (Å²) in [5, 5.41) is 0.655. The average Bonchev–Trinajstić information content (AvgIpc) is 2.35. The van der Waals surface area contributed by atoms with Gasteiger partial charge < -0.3 is 10.5 Å². The first kappa shape index (κ1) is 13.5. The predicted octanol–water partition coefficient (Wildman–Crippen LogP) is 4.07. The summed E-state index contributed by atoms with van der Waals surface area (Å²) in [5.41, 5.74) is 6.24. The number of halogens is 2. The summed E-state index contributed by atoms with van der Waals surface area (Å²) in [5.74, 6) is -0.441. The van der Waals surface area contributed by atoms with E-state index in [1.807, 2.05) is 0 Å². The van der Waals surface area contributed by atoms with E-state index in [0.29, 0.717) is 5.02 Å². The van der Waals surface area contributed by atoms with Crippen LogP contribution in [-0.2, 0) is 4.74 Å². The molecule has 1 aliphatic carbocycles. The number of nitrogens with two attached hydrogens (primary N) is 1. The Morgan fingerprint density at radius 1 is 1.22 bits per heavy atom. The minimum absolute atomic E-state index is 0.0107. The lowest BCUT2D eigenvalue weighted by atomic mass is 9.98. The van der Waals surface area contributed by atoms with Gasteiger partial charge >= 0.3 is 5.97 Å². The van der Waals surface area contributed by atoms with Crippen molar-refractivity contribution in [2.24, 2.45) is 0 Å². The lowest BCUT2D eigenvalue weighted by Crippen LogP contribution is -2.21. The monoisotopic (exact) mass is 287 g/mol. The lowest BCUT2D eigenvalue weighted by Gasteiger charge is -2.22. The summed E-state index contributed by atoms with van der Waals surface area (Å²) >= 11 is 11.7. The molecule has 1 aromatic rings. The van der Waals surface area contributed by atoms with Crippen molar-refractivity contribution in [2.75, 3.05) is 5.73 Å². The molecule has 3 nitrogen and oxygen atoms in total. The zero-order valence-electron chi connectivity index (χ0n) is 9.92. The number of rotatable bonds is 2. The minimum Gasteiger partial charge on any atom is -0.459 e. The Morgan fingerprint density at radius 2 is 1.89 bits per heavy atom. The fourth-order valence-corrected chi connectivity index (χ4v) is 2.64. The average molecular weight is 288 g/mol. The van der Waals surface area contributed by atoms with Crippen LogP contribution < -0.4 is 5.73 Å². The van der Waals surface area contributed by atoms with Gasteiger partial charge in [0.15, 0.2) is 0 Å². The van der Waals surface area contributed by atoms with Crippen molar-refractivity contribution in [1.82, 2.24) is 0 Å². The minimum atomic E-state index is -0.441. The third-order valence-electron chi connectivity index (χ3n) is 3.14. The number of hydrogen-bond acceptors (Lipinski definition) is 3. The van der Waals surface area contributed by atoms with Gasteiger partial charge in [-0.3, -0.25) is 0 Å². The van der Waals surface area contributed by atoms with Gasteiger partial charge in [-0.1, -0.05) is 29.6 Å². The van der Waals surface area contributed by atoms with E-state index in [1.165, 1.54) is 18.6 Å². The summed E-state index contributed by atoms with van der Waals surface area (Å²) in [4.78, 5) is 12.0. The van der Waals surface area contributed by atoms with Gasteiger partial charge in [-0.2, -0.15) is 0 Å². The zero-order chi connectivity index (χ0) is 13.1. The number of hydrogen-bond donors (Lipinski definition) is 1. The maximum atomic E-state index is 12.0. The molecule has 1 fully saturated rings. The predicted molar refractivity (Wildman–Crippen MR) is 73.2 cm³/mol. The topological polar surface area (TPSA) is 52.3 Å². The van der Waals surface area contributed by atoms with Crippen LogP contribution in [0.2, 0.25) is 10.0 Å². The molecule has 18 heavy (non-hydrogen) atoms. The van der Waals surface area contributed by atoms with Crippen LogP contribution in [0.25, 0.3) is 0 Å². The van der Waals surface area contributed by atoms with E-state index in [-0.39, 0.29) is 22.4 Å². The van der Waals surface area contributed by atoms with Crippen molar-refractivity contribution >= 4 is 34.9 Å². The summed E-state index contributed by atoms with van der Waals surface area (Å²) < 4.78 is 5.43. The highest BCUT2D eigenvalue weighted by molar-refractivity contribution is 6.37. The molecule has 0 heterocycles. The number of carbonyl (C=O) groups excluding carboxylic acids is 1. The molecular formula is C13H15Cl2NO2. The number of carbonyl (C=O) groups is 1. The number of anilines is 1. The number of ether oxygens (including phenoxy) is 1. The molecule has 2 N–H and O–H groups in total. The normalized spacial score (nSPS) is 16.6. The number of nitrogen functional groups attached to an aromatic ring is 1. The second kappa shape index (κ2) is 5.81. The van der Waals surface area contributed by atoms with Crippen LogP contribution in [0, 0.1) is 0 Å². The summed E-state index contributed by atoms with van der Waals surface area (Å²) in [6.45, 7) is 0. The maximum absolute atomic E-state index is 12.0. The van der Waals surface area contributed by atoms with Crippen molar-refractivity contribution in [3.63, 3.8) is 0 Å². The number of esters is 1. The third-order valence-corrected chi connectivity index (χ3v) is 3.67. The Labute approximate surface area is 116 Å². The summed E-state index contributed by atoms with van der Waals surface area (Å²) in [7, 11) is 0. The lowest BCUT2D eigenvalue weighted by molar-refractivity contribution is 0.0212. The fourth-order valence-electron chi connectivity index (χ4n) is 2.15. The Bertz CT molecular complexity index is 457. The summed E-state index contributed by atoms with van der Waals surface area (Å²) in [6.07, 6.45) is 5.23. The van der Waals surface area contributed by atoms with Gasteiger partial charge in [-0.25, -0.2) is 4.79 Å². The van der Waals surface area contributed by atoms with E-state index in [2.05, 4.69) is 0 Å². The van der Waals surface area contributed by atoms with Crippen LogP contribution in [0.3, 0.4) is 0 Å². The molecule has 0 saturated heterocycles. The van der Waals surface area contributed by atoms with Gasteiger partial charge in [0.1, 0.15) is 6.10 Å². The highest BCUT2D eigenvalue weighted by atomic mass is 35.5. The van der Waals surface area contributed by atoms with Crippen molar-refractivity contribution in [2.45, 2.75) is 38.2 Å². The van der Waals surface area contributed by atoms with Crippen LogP contribution >= 0.6 is 23.2 Å². The van der Waals surface area contributed by atoms with Crippen molar-refractivity contribution in [3.8, 4) is 0 Å². The molecule has 2 rings (SSSR count). The van der Waals surface area contributed by atoms with E-state index in [1.54, 1.807) is 0 Å². The molecule has 0 spiro atoms. The molecule has 1 aromatic carbocycles. The molecule has 1 aliphatic rings. The van der Waals surface area contributed by atoms with Crippen LogP contribution in [0.15, 0.2) is 12.1 Å². The number of benzene rings is 1. The third kappa shape index (κ3) is 3.09. The van der Waals surface area contributed by atoms with Crippen LogP contribution in [0.1, 0.15) is 42.5 Å². The highest BCUT2D eigenvalue weighted by Gasteiger charge is 2.21. The van der Waals surface area contributed by atoms with E-state index in [4.69, 9.17) is 33.7 Å². The van der Waals surface area contributed by atoms with Crippen LogP contribution in [-0.4, -0.2) is 12.1 Å². The second-order valence-corrected chi connectivity index (χ2v) is 5.36. The van der Waals surface area contributed by atoms with Crippen molar-refractivity contribution < 1.29 is 9.53 Å². The van der Waals surface area contributed by atoms with Crippen molar-refractivity contribution in [1.29, 1.82) is 0 Å². The standard InChI is InChI=1S/C13H15Cl2NO2/c14-8-6-10(12(16)11(15)7-8)13(17)18-9-4-2-1-3-5-9/h6-7,9H,1-5,16H2. The zero-order valence-corrected chi connectivity index (χ0v) is 11.4. The first-order chi connectivity index (χ1) is 8.58. The van der Waals surface area contributed by atoms with Gasteiger partial charge in [-0.05, 0) is 37.8 Å². The smallest absolute Gasteiger partial charge is 0.340 e.